The molecule has 0 heterocycles. The molecule has 146 valence electrons. The van der Waals surface area contributed by atoms with Gasteiger partial charge in [-0.1, -0.05) is 12.1 Å². The van der Waals surface area contributed by atoms with Crippen molar-refractivity contribution in [2.45, 2.75) is 26.4 Å². The summed E-state index contributed by atoms with van der Waals surface area (Å²) >= 11 is 0. The van der Waals surface area contributed by atoms with Gasteiger partial charge < -0.3 is 20.1 Å². The molecule has 0 radical (unpaired) electrons. The van der Waals surface area contributed by atoms with Crippen molar-refractivity contribution in [3.05, 3.63) is 58.7 Å². The molecule has 2 aromatic carbocycles. The Bertz CT molecular complexity index is 982. The van der Waals surface area contributed by atoms with Crippen molar-refractivity contribution in [3.8, 4) is 11.1 Å². The molecule has 28 heavy (non-hydrogen) atoms. The van der Waals surface area contributed by atoms with Crippen LogP contribution in [-0.2, 0) is 4.74 Å². The highest BCUT2D eigenvalue weighted by Gasteiger charge is 2.24. The maximum atomic E-state index is 12.3. The Kier molecular flexibility index (Phi) is 5.54. The number of carboxylic acids is 3. The Morgan fingerprint density at radius 1 is 0.679 bits per heavy atom. The van der Waals surface area contributed by atoms with Gasteiger partial charge in [0.1, 0.15) is 5.60 Å². The lowest BCUT2D eigenvalue weighted by molar-refractivity contribution is 0.00655. The van der Waals surface area contributed by atoms with E-state index in [-0.39, 0.29) is 16.7 Å². The van der Waals surface area contributed by atoms with Crippen LogP contribution in [0.5, 0.6) is 0 Å². The summed E-state index contributed by atoms with van der Waals surface area (Å²) in [6.45, 7) is 4.95. The average Bonchev–Trinajstić information content (AvgIpc) is 2.58. The number of ether oxygens (including phenoxy) is 1. The minimum absolute atomic E-state index is 0.146. The molecule has 2 aromatic rings. The molecule has 8 heteroatoms. The summed E-state index contributed by atoms with van der Waals surface area (Å²) < 4.78 is 5.21. The maximum absolute atomic E-state index is 12.3. The molecule has 0 saturated carbocycles. The lowest BCUT2D eigenvalue weighted by atomic mass is 9.95. The lowest BCUT2D eigenvalue weighted by Gasteiger charge is -2.20. The highest BCUT2D eigenvalue weighted by molar-refractivity contribution is 6.05. The topological polar surface area (TPSA) is 138 Å². The van der Waals surface area contributed by atoms with Crippen LogP contribution in [0, 0.1) is 0 Å². The Hall–Kier alpha value is -3.68. The Morgan fingerprint density at radius 3 is 1.46 bits per heavy atom. The number of benzene rings is 2. The molecule has 3 N–H and O–H groups in total. The Balaban J connectivity index is 2.57. The van der Waals surface area contributed by atoms with Gasteiger partial charge in [0.15, 0.2) is 0 Å². The van der Waals surface area contributed by atoms with Crippen LogP contribution in [0.4, 0.5) is 0 Å². The smallest absolute Gasteiger partial charge is 0.339 e. The lowest BCUT2D eigenvalue weighted by Crippen LogP contribution is -2.25. The van der Waals surface area contributed by atoms with E-state index >= 15 is 0 Å². The fourth-order valence-corrected chi connectivity index (χ4v) is 2.50. The van der Waals surface area contributed by atoms with Crippen molar-refractivity contribution < 1.29 is 39.2 Å². The van der Waals surface area contributed by atoms with Gasteiger partial charge in [-0.3, -0.25) is 0 Å². The first-order chi connectivity index (χ1) is 12.9. The molecule has 8 nitrogen and oxygen atoms in total. The second-order valence-electron chi connectivity index (χ2n) is 6.94. The molecular weight excluding hydrogens is 368 g/mol. The number of carbonyl (C=O) groups excluding carboxylic acids is 1. The number of hydrogen-bond acceptors (Lipinski definition) is 5. The molecule has 2 rings (SSSR count). The third-order valence-electron chi connectivity index (χ3n) is 3.68. The fraction of sp³-hybridized carbons (Fsp3) is 0.200. The Labute approximate surface area is 160 Å². The predicted molar refractivity (Wildman–Crippen MR) is 97.9 cm³/mol. The first kappa shape index (κ1) is 20.6. The molecule has 0 amide bonds. The zero-order chi connectivity index (χ0) is 21.2. The van der Waals surface area contributed by atoms with Gasteiger partial charge in [-0.2, -0.15) is 0 Å². The number of carbonyl (C=O) groups is 4. The third kappa shape index (κ3) is 4.53. The summed E-state index contributed by atoms with van der Waals surface area (Å²) in [7, 11) is 0. The van der Waals surface area contributed by atoms with Crippen LogP contribution in [0.25, 0.3) is 11.1 Å². The molecule has 0 aliphatic rings. The molecule has 0 atom stereocenters. The SMILES string of the molecule is CC(C)(C)OC(=O)c1ccc(-c2ccc(C(=O)O)c(C(=O)O)c2)cc1C(=O)O. The summed E-state index contributed by atoms with van der Waals surface area (Å²) in [6.07, 6.45) is 0. The van der Waals surface area contributed by atoms with E-state index < -0.39 is 35.0 Å². The number of rotatable bonds is 5. The van der Waals surface area contributed by atoms with Crippen molar-refractivity contribution in [3.63, 3.8) is 0 Å². The van der Waals surface area contributed by atoms with E-state index in [0.29, 0.717) is 11.1 Å². The van der Waals surface area contributed by atoms with E-state index in [0.717, 1.165) is 12.1 Å². The predicted octanol–water partition coefficient (Wildman–Crippen LogP) is 3.40. The van der Waals surface area contributed by atoms with Crippen LogP contribution in [0.2, 0.25) is 0 Å². The maximum Gasteiger partial charge on any atom is 0.339 e. The molecule has 0 aliphatic carbocycles. The van der Waals surface area contributed by atoms with Gasteiger partial charge in [-0.05, 0) is 56.2 Å². The van der Waals surface area contributed by atoms with Gasteiger partial charge in [-0.25, -0.2) is 19.2 Å². The molecule has 0 fully saturated rings. The summed E-state index contributed by atoms with van der Waals surface area (Å²) in [5.74, 6) is -4.98. The number of aromatic carboxylic acids is 3. The molecular formula is C20H18O8. The zero-order valence-electron chi connectivity index (χ0n) is 15.3. The second-order valence-corrected chi connectivity index (χ2v) is 6.94. The van der Waals surface area contributed by atoms with Gasteiger partial charge in [0, 0.05) is 0 Å². The largest absolute Gasteiger partial charge is 0.478 e. The summed E-state index contributed by atoms with van der Waals surface area (Å²) in [6, 6.07) is 7.56. The highest BCUT2D eigenvalue weighted by Crippen LogP contribution is 2.26. The third-order valence-corrected chi connectivity index (χ3v) is 3.68. The van der Waals surface area contributed by atoms with Gasteiger partial charge in [0.2, 0.25) is 0 Å². The Morgan fingerprint density at radius 2 is 1.07 bits per heavy atom. The summed E-state index contributed by atoms with van der Waals surface area (Å²) in [4.78, 5) is 46.4. The van der Waals surface area contributed by atoms with Crippen molar-refractivity contribution in [1.82, 2.24) is 0 Å². The van der Waals surface area contributed by atoms with E-state index in [1.165, 1.54) is 24.3 Å². The summed E-state index contributed by atoms with van der Waals surface area (Å²) in [5, 5.41) is 27.8. The van der Waals surface area contributed by atoms with Crippen LogP contribution >= 0.6 is 0 Å². The van der Waals surface area contributed by atoms with Crippen molar-refractivity contribution in [2.24, 2.45) is 0 Å². The standard InChI is InChI=1S/C20H18O8/c1-20(2,3)28-19(27)13-7-5-11(9-15(13)18(25)26)10-4-6-12(16(21)22)14(8-10)17(23)24/h4-9H,1-3H3,(H,21,22)(H,23,24)(H,25,26). The van der Waals surface area contributed by atoms with Crippen LogP contribution in [0.1, 0.15) is 62.2 Å². The van der Waals surface area contributed by atoms with Gasteiger partial charge in [0.25, 0.3) is 0 Å². The molecule has 0 saturated heterocycles. The van der Waals surface area contributed by atoms with Crippen molar-refractivity contribution >= 4 is 23.9 Å². The van der Waals surface area contributed by atoms with Crippen LogP contribution in [-0.4, -0.2) is 44.8 Å². The monoisotopic (exact) mass is 386 g/mol. The van der Waals surface area contributed by atoms with Gasteiger partial charge >= 0.3 is 23.9 Å². The first-order valence-corrected chi connectivity index (χ1v) is 8.12. The van der Waals surface area contributed by atoms with E-state index in [1.54, 1.807) is 20.8 Å². The molecule has 0 aliphatic heterocycles. The van der Waals surface area contributed by atoms with Crippen LogP contribution in [0.15, 0.2) is 36.4 Å². The first-order valence-electron chi connectivity index (χ1n) is 8.12. The van der Waals surface area contributed by atoms with Crippen molar-refractivity contribution in [1.29, 1.82) is 0 Å². The van der Waals surface area contributed by atoms with E-state index in [1.807, 2.05) is 0 Å². The minimum Gasteiger partial charge on any atom is -0.478 e. The highest BCUT2D eigenvalue weighted by atomic mass is 16.6. The van der Waals surface area contributed by atoms with E-state index in [2.05, 4.69) is 0 Å². The van der Waals surface area contributed by atoms with Crippen LogP contribution < -0.4 is 0 Å². The van der Waals surface area contributed by atoms with Crippen LogP contribution in [0.3, 0.4) is 0 Å². The summed E-state index contributed by atoms with van der Waals surface area (Å²) in [5.41, 5.74) is -1.49. The minimum atomic E-state index is -1.43. The zero-order valence-corrected chi connectivity index (χ0v) is 15.3. The number of esters is 1. The molecule has 0 aromatic heterocycles. The van der Waals surface area contributed by atoms with E-state index in [9.17, 15) is 29.4 Å². The quantitative estimate of drug-likeness (QED) is 0.665. The average molecular weight is 386 g/mol. The fourth-order valence-electron chi connectivity index (χ4n) is 2.50. The van der Waals surface area contributed by atoms with Crippen molar-refractivity contribution in [2.75, 3.05) is 0 Å². The normalized spacial score (nSPS) is 11.0. The molecule has 0 bridgehead atoms. The van der Waals surface area contributed by atoms with Gasteiger partial charge in [0.05, 0.1) is 22.3 Å². The molecule has 0 spiro atoms. The number of carboxylic acid groups (broad SMARTS) is 3. The van der Waals surface area contributed by atoms with E-state index in [4.69, 9.17) is 9.84 Å². The molecule has 0 unspecified atom stereocenters. The number of hydrogen-bond donors (Lipinski definition) is 3. The van der Waals surface area contributed by atoms with Gasteiger partial charge in [-0.15, -0.1) is 0 Å². The second kappa shape index (κ2) is 7.51.